The summed E-state index contributed by atoms with van der Waals surface area (Å²) in [7, 11) is 4.73. The monoisotopic (exact) mass is 404 g/mol. The highest BCUT2D eigenvalue weighted by Gasteiger charge is 2.42. The average molecular weight is 405 g/mol. The summed E-state index contributed by atoms with van der Waals surface area (Å²) in [6.07, 6.45) is 3.70. The molecule has 2 aliphatic rings. The topological polar surface area (TPSA) is 68.3 Å². The molecule has 2 atom stereocenters. The normalized spacial score (nSPS) is 21.8. The summed E-state index contributed by atoms with van der Waals surface area (Å²) < 4.78 is 16.4. The maximum absolute atomic E-state index is 13.4. The number of likely N-dealkylation sites (tertiary alicyclic amines) is 2. The minimum atomic E-state index is -0.258. The number of methoxy groups -OCH3 is 3. The SMILES string of the molecule is CCC(=O)N1C[C@H](c2cc(OC)c(OC)c(OC)c2)[C@H](C(=O)N2CCCCC2)C1. The minimum absolute atomic E-state index is 0.0800. The number of benzene rings is 1. The molecule has 160 valence electrons. The molecule has 2 aliphatic heterocycles. The van der Waals surface area contributed by atoms with Gasteiger partial charge in [0.25, 0.3) is 0 Å². The van der Waals surface area contributed by atoms with E-state index in [9.17, 15) is 9.59 Å². The van der Waals surface area contributed by atoms with Gasteiger partial charge in [0.1, 0.15) is 0 Å². The molecule has 0 N–H and O–H groups in total. The number of nitrogens with zero attached hydrogens (tertiary/aromatic N) is 2. The van der Waals surface area contributed by atoms with E-state index in [0.717, 1.165) is 31.5 Å². The van der Waals surface area contributed by atoms with Crippen LogP contribution in [0.5, 0.6) is 17.2 Å². The number of amides is 2. The molecule has 2 fully saturated rings. The van der Waals surface area contributed by atoms with E-state index in [1.165, 1.54) is 6.42 Å². The van der Waals surface area contributed by atoms with Gasteiger partial charge < -0.3 is 24.0 Å². The van der Waals surface area contributed by atoms with Crippen LogP contribution in [-0.4, -0.2) is 69.1 Å². The van der Waals surface area contributed by atoms with Crippen LogP contribution in [0.4, 0.5) is 0 Å². The molecule has 0 radical (unpaired) electrons. The number of hydrogen-bond acceptors (Lipinski definition) is 5. The average Bonchev–Trinajstić information content (AvgIpc) is 3.22. The zero-order valence-corrected chi connectivity index (χ0v) is 17.9. The molecular weight excluding hydrogens is 372 g/mol. The third kappa shape index (κ3) is 4.28. The van der Waals surface area contributed by atoms with Gasteiger partial charge in [0.05, 0.1) is 27.2 Å². The molecule has 2 heterocycles. The van der Waals surface area contributed by atoms with E-state index < -0.39 is 0 Å². The maximum Gasteiger partial charge on any atom is 0.228 e. The van der Waals surface area contributed by atoms with Gasteiger partial charge in [-0.1, -0.05) is 6.92 Å². The first kappa shape index (κ1) is 21.3. The first-order valence-electron chi connectivity index (χ1n) is 10.4. The second-order valence-electron chi connectivity index (χ2n) is 7.71. The zero-order valence-electron chi connectivity index (χ0n) is 17.9. The van der Waals surface area contributed by atoms with Gasteiger partial charge in [-0.25, -0.2) is 0 Å². The summed E-state index contributed by atoms with van der Waals surface area (Å²) in [5.41, 5.74) is 0.932. The third-order valence-electron chi connectivity index (χ3n) is 6.08. The van der Waals surface area contributed by atoms with Crippen molar-refractivity contribution in [2.24, 2.45) is 5.92 Å². The summed E-state index contributed by atoms with van der Waals surface area (Å²) in [5.74, 6) is 1.51. The number of carbonyl (C=O) groups is 2. The van der Waals surface area contributed by atoms with Crippen molar-refractivity contribution in [3.63, 3.8) is 0 Å². The predicted molar refractivity (Wildman–Crippen MR) is 110 cm³/mol. The summed E-state index contributed by atoms with van der Waals surface area (Å²) in [6.45, 7) is 4.45. The van der Waals surface area contributed by atoms with Gasteiger partial charge in [-0.15, -0.1) is 0 Å². The molecule has 0 aromatic heterocycles. The number of rotatable bonds is 6. The molecule has 7 heteroatoms. The predicted octanol–water partition coefficient (Wildman–Crippen LogP) is 2.68. The molecular formula is C22H32N2O5. The van der Waals surface area contributed by atoms with Crippen LogP contribution in [0.25, 0.3) is 0 Å². The highest BCUT2D eigenvalue weighted by molar-refractivity contribution is 5.83. The highest BCUT2D eigenvalue weighted by Crippen LogP contribution is 2.43. The van der Waals surface area contributed by atoms with Crippen LogP contribution < -0.4 is 14.2 Å². The lowest BCUT2D eigenvalue weighted by atomic mass is 9.87. The number of hydrogen-bond donors (Lipinski definition) is 0. The fourth-order valence-corrected chi connectivity index (χ4v) is 4.48. The van der Waals surface area contributed by atoms with Crippen LogP contribution in [-0.2, 0) is 9.59 Å². The fraction of sp³-hybridized carbons (Fsp3) is 0.636. The molecule has 1 aromatic rings. The molecule has 3 rings (SSSR count). The van der Waals surface area contributed by atoms with Crippen molar-refractivity contribution >= 4 is 11.8 Å². The Morgan fingerprint density at radius 1 is 0.931 bits per heavy atom. The van der Waals surface area contributed by atoms with Crippen LogP contribution in [0.2, 0.25) is 0 Å². The van der Waals surface area contributed by atoms with Crippen LogP contribution >= 0.6 is 0 Å². The van der Waals surface area contributed by atoms with Crippen molar-refractivity contribution in [3.05, 3.63) is 17.7 Å². The Labute approximate surface area is 172 Å². The van der Waals surface area contributed by atoms with Crippen molar-refractivity contribution in [2.75, 3.05) is 47.5 Å². The quantitative estimate of drug-likeness (QED) is 0.729. The van der Waals surface area contributed by atoms with E-state index in [1.54, 1.807) is 21.3 Å². The third-order valence-corrected chi connectivity index (χ3v) is 6.08. The smallest absolute Gasteiger partial charge is 0.228 e. The maximum atomic E-state index is 13.4. The summed E-state index contributed by atoms with van der Waals surface area (Å²) in [6, 6.07) is 3.81. The van der Waals surface area contributed by atoms with Gasteiger partial charge in [0.2, 0.25) is 17.6 Å². The van der Waals surface area contributed by atoms with Gasteiger partial charge in [0, 0.05) is 38.5 Å². The van der Waals surface area contributed by atoms with Gasteiger partial charge in [-0.3, -0.25) is 9.59 Å². The molecule has 2 amide bonds. The standard InChI is InChI=1S/C22H32N2O5/c1-5-20(25)24-13-16(17(14-24)22(26)23-9-7-6-8-10-23)15-11-18(27-2)21(29-4)19(12-15)28-3/h11-12,16-17H,5-10,13-14H2,1-4H3/t16-,17-/m1/s1. The first-order valence-corrected chi connectivity index (χ1v) is 10.4. The van der Waals surface area contributed by atoms with E-state index in [1.807, 2.05) is 28.9 Å². The number of piperidine rings is 1. The lowest BCUT2D eigenvalue weighted by molar-refractivity contribution is -0.136. The Morgan fingerprint density at radius 2 is 1.55 bits per heavy atom. The van der Waals surface area contributed by atoms with Crippen LogP contribution in [0.15, 0.2) is 12.1 Å². The van der Waals surface area contributed by atoms with Gasteiger partial charge >= 0.3 is 0 Å². The molecule has 0 aliphatic carbocycles. The van der Waals surface area contributed by atoms with E-state index in [2.05, 4.69) is 0 Å². The van der Waals surface area contributed by atoms with Crippen molar-refractivity contribution in [2.45, 2.75) is 38.5 Å². The van der Waals surface area contributed by atoms with E-state index in [0.29, 0.717) is 36.8 Å². The molecule has 1 aromatic carbocycles. The molecule has 0 unspecified atom stereocenters. The lowest BCUT2D eigenvalue weighted by Gasteiger charge is -2.31. The van der Waals surface area contributed by atoms with Crippen molar-refractivity contribution in [1.29, 1.82) is 0 Å². The Bertz CT molecular complexity index is 720. The minimum Gasteiger partial charge on any atom is -0.493 e. The Hall–Kier alpha value is -2.44. The van der Waals surface area contributed by atoms with Crippen molar-refractivity contribution < 1.29 is 23.8 Å². The van der Waals surface area contributed by atoms with Crippen molar-refractivity contribution in [3.8, 4) is 17.2 Å². The Balaban J connectivity index is 1.96. The zero-order chi connectivity index (χ0) is 21.0. The molecule has 0 spiro atoms. The largest absolute Gasteiger partial charge is 0.493 e. The highest BCUT2D eigenvalue weighted by atomic mass is 16.5. The molecule has 0 bridgehead atoms. The van der Waals surface area contributed by atoms with E-state index in [-0.39, 0.29) is 23.7 Å². The Morgan fingerprint density at radius 3 is 2.07 bits per heavy atom. The summed E-state index contributed by atoms with van der Waals surface area (Å²) >= 11 is 0. The number of carbonyl (C=O) groups excluding carboxylic acids is 2. The lowest BCUT2D eigenvalue weighted by Crippen LogP contribution is -2.42. The second kappa shape index (κ2) is 9.37. The van der Waals surface area contributed by atoms with E-state index >= 15 is 0 Å². The van der Waals surface area contributed by atoms with Crippen LogP contribution in [0.3, 0.4) is 0 Å². The summed E-state index contributed by atoms with van der Waals surface area (Å²) in [5, 5.41) is 0. The number of ether oxygens (including phenoxy) is 3. The van der Waals surface area contributed by atoms with Gasteiger partial charge in [0.15, 0.2) is 11.5 Å². The van der Waals surface area contributed by atoms with Crippen LogP contribution in [0.1, 0.15) is 44.1 Å². The van der Waals surface area contributed by atoms with E-state index in [4.69, 9.17) is 14.2 Å². The van der Waals surface area contributed by atoms with Crippen molar-refractivity contribution in [1.82, 2.24) is 9.80 Å². The van der Waals surface area contributed by atoms with Gasteiger partial charge in [-0.05, 0) is 37.0 Å². The van der Waals surface area contributed by atoms with Gasteiger partial charge in [-0.2, -0.15) is 0 Å². The Kier molecular flexibility index (Phi) is 6.87. The molecule has 7 nitrogen and oxygen atoms in total. The first-order chi connectivity index (χ1) is 14.0. The molecule has 2 saturated heterocycles. The van der Waals surface area contributed by atoms with Crippen LogP contribution in [0, 0.1) is 5.92 Å². The summed E-state index contributed by atoms with van der Waals surface area (Å²) in [4.78, 5) is 29.6. The fourth-order valence-electron chi connectivity index (χ4n) is 4.48. The molecule has 0 saturated carbocycles. The second-order valence-corrected chi connectivity index (χ2v) is 7.71. The molecule has 29 heavy (non-hydrogen) atoms.